The summed E-state index contributed by atoms with van der Waals surface area (Å²) in [6.07, 6.45) is 3.85. The van der Waals surface area contributed by atoms with Crippen LogP contribution in [0.4, 0.5) is 5.69 Å². The molecule has 0 saturated carbocycles. The highest BCUT2D eigenvalue weighted by molar-refractivity contribution is 9.10. The summed E-state index contributed by atoms with van der Waals surface area (Å²) in [4.78, 5) is 2.58. The summed E-state index contributed by atoms with van der Waals surface area (Å²) in [7, 11) is 0. The molecule has 1 heterocycles. The van der Waals surface area contributed by atoms with E-state index >= 15 is 0 Å². The maximum atomic E-state index is 3.60. The van der Waals surface area contributed by atoms with Crippen molar-refractivity contribution in [3.63, 3.8) is 0 Å². The largest absolute Gasteiger partial charge is 0.364 e. The summed E-state index contributed by atoms with van der Waals surface area (Å²) in [6, 6.07) is 18.0. The van der Waals surface area contributed by atoms with Crippen LogP contribution in [0.25, 0.3) is 0 Å². The Labute approximate surface area is 129 Å². The lowest BCUT2D eigenvalue weighted by atomic mass is 9.94. The topological polar surface area (TPSA) is 3.24 Å². The van der Waals surface area contributed by atoms with E-state index in [2.05, 4.69) is 76.3 Å². The molecule has 0 N–H and O–H groups in total. The van der Waals surface area contributed by atoms with Crippen molar-refractivity contribution in [2.75, 3.05) is 11.4 Å². The predicted octanol–water partition coefficient (Wildman–Crippen LogP) is 5.49. The van der Waals surface area contributed by atoms with Crippen molar-refractivity contribution in [2.24, 2.45) is 0 Å². The number of benzene rings is 2. The molecule has 0 amide bonds. The van der Waals surface area contributed by atoms with Gasteiger partial charge < -0.3 is 4.90 Å². The van der Waals surface area contributed by atoms with Gasteiger partial charge in [0, 0.05) is 16.7 Å². The molecule has 2 aromatic rings. The minimum atomic E-state index is 0.502. The fourth-order valence-electron chi connectivity index (χ4n) is 3.17. The van der Waals surface area contributed by atoms with Gasteiger partial charge >= 0.3 is 0 Å². The molecule has 3 rings (SSSR count). The van der Waals surface area contributed by atoms with Crippen molar-refractivity contribution < 1.29 is 0 Å². The van der Waals surface area contributed by atoms with Crippen LogP contribution in [0.5, 0.6) is 0 Å². The second-order valence-corrected chi connectivity index (χ2v) is 6.46. The summed E-state index contributed by atoms with van der Waals surface area (Å²) in [5, 5.41) is 0. The van der Waals surface area contributed by atoms with Crippen LogP contribution in [0.3, 0.4) is 0 Å². The van der Waals surface area contributed by atoms with E-state index in [4.69, 9.17) is 0 Å². The maximum Gasteiger partial charge on any atom is 0.0542 e. The smallest absolute Gasteiger partial charge is 0.0542 e. The maximum absolute atomic E-state index is 3.60. The molecule has 1 nitrogen and oxygen atoms in total. The first kappa shape index (κ1) is 13.7. The lowest BCUT2D eigenvalue weighted by molar-refractivity contribution is 0.472. The van der Waals surface area contributed by atoms with Gasteiger partial charge in [0.1, 0.15) is 0 Å². The highest BCUT2D eigenvalue weighted by atomic mass is 79.9. The Balaban J connectivity index is 1.98. The minimum Gasteiger partial charge on any atom is -0.364 e. The van der Waals surface area contributed by atoms with Crippen LogP contribution in [0.15, 0.2) is 53.0 Å². The third-order valence-corrected chi connectivity index (χ3v) is 4.65. The van der Waals surface area contributed by atoms with Gasteiger partial charge in [0.05, 0.1) is 6.04 Å². The molecule has 0 spiro atoms. The van der Waals surface area contributed by atoms with E-state index in [1.54, 1.807) is 0 Å². The van der Waals surface area contributed by atoms with Crippen molar-refractivity contribution in [3.8, 4) is 0 Å². The molecule has 1 unspecified atom stereocenters. The standard InChI is InChI=1S/C18H20BrN/c1-14-7-2-3-10-17(14)20-12-5-4-11-18(20)15-8-6-9-16(19)13-15/h2-3,6-10,13,18H,4-5,11-12H2,1H3. The first-order chi connectivity index (χ1) is 9.75. The van der Waals surface area contributed by atoms with Gasteiger partial charge in [-0.25, -0.2) is 0 Å². The molecule has 1 fully saturated rings. The summed E-state index contributed by atoms with van der Waals surface area (Å²) in [6.45, 7) is 3.37. The van der Waals surface area contributed by atoms with E-state index < -0.39 is 0 Å². The van der Waals surface area contributed by atoms with Crippen LogP contribution >= 0.6 is 15.9 Å². The first-order valence-corrected chi connectivity index (χ1v) is 8.13. The number of rotatable bonds is 2. The lowest BCUT2D eigenvalue weighted by Crippen LogP contribution is -2.33. The predicted molar refractivity (Wildman–Crippen MR) is 89.3 cm³/mol. The van der Waals surface area contributed by atoms with Gasteiger partial charge in [0.25, 0.3) is 0 Å². The van der Waals surface area contributed by atoms with Crippen LogP contribution in [0.2, 0.25) is 0 Å². The van der Waals surface area contributed by atoms with Gasteiger partial charge in [-0.15, -0.1) is 0 Å². The van der Waals surface area contributed by atoms with E-state index in [1.165, 1.54) is 40.5 Å². The van der Waals surface area contributed by atoms with Crippen molar-refractivity contribution >= 4 is 21.6 Å². The molecule has 104 valence electrons. The molecule has 0 aromatic heterocycles. The van der Waals surface area contributed by atoms with Crippen LogP contribution < -0.4 is 4.90 Å². The van der Waals surface area contributed by atoms with Gasteiger partial charge in [-0.2, -0.15) is 0 Å². The zero-order chi connectivity index (χ0) is 13.9. The fraction of sp³-hybridized carbons (Fsp3) is 0.333. The van der Waals surface area contributed by atoms with Crippen molar-refractivity contribution in [1.82, 2.24) is 0 Å². The van der Waals surface area contributed by atoms with E-state index in [-0.39, 0.29) is 0 Å². The third-order valence-electron chi connectivity index (χ3n) is 4.16. The van der Waals surface area contributed by atoms with Crippen molar-refractivity contribution in [3.05, 3.63) is 64.1 Å². The number of aryl methyl sites for hydroxylation is 1. The zero-order valence-electron chi connectivity index (χ0n) is 11.8. The number of anilines is 1. The van der Waals surface area contributed by atoms with E-state index in [1.807, 2.05) is 0 Å². The molecule has 0 radical (unpaired) electrons. The second-order valence-electron chi connectivity index (χ2n) is 5.55. The number of para-hydroxylation sites is 1. The number of piperidine rings is 1. The SMILES string of the molecule is Cc1ccccc1N1CCCCC1c1cccc(Br)c1. The molecule has 2 aromatic carbocycles. The van der Waals surface area contributed by atoms with Crippen LogP contribution in [0.1, 0.15) is 36.4 Å². The Morgan fingerprint density at radius 1 is 1.05 bits per heavy atom. The number of halogens is 1. The summed E-state index contributed by atoms with van der Waals surface area (Å²) >= 11 is 3.60. The van der Waals surface area contributed by atoms with Crippen LogP contribution in [-0.4, -0.2) is 6.54 Å². The highest BCUT2D eigenvalue weighted by Crippen LogP contribution is 2.36. The van der Waals surface area contributed by atoms with Gasteiger partial charge in [0.2, 0.25) is 0 Å². The average molecular weight is 330 g/mol. The number of hydrogen-bond donors (Lipinski definition) is 0. The first-order valence-electron chi connectivity index (χ1n) is 7.33. The zero-order valence-corrected chi connectivity index (χ0v) is 13.4. The molecule has 1 aliphatic heterocycles. The van der Waals surface area contributed by atoms with E-state index in [9.17, 15) is 0 Å². The lowest BCUT2D eigenvalue weighted by Gasteiger charge is -2.39. The Morgan fingerprint density at radius 3 is 2.70 bits per heavy atom. The Kier molecular flexibility index (Phi) is 4.11. The highest BCUT2D eigenvalue weighted by Gasteiger charge is 2.25. The molecule has 2 heteroatoms. The molecule has 20 heavy (non-hydrogen) atoms. The fourth-order valence-corrected chi connectivity index (χ4v) is 3.58. The molecule has 1 saturated heterocycles. The molecular weight excluding hydrogens is 310 g/mol. The Morgan fingerprint density at radius 2 is 1.90 bits per heavy atom. The molecule has 0 aliphatic carbocycles. The quantitative estimate of drug-likeness (QED) is 0.704. The summed E-state index contributed by atoms with van der Waals surface area (Å²) < 4.78 is 1.17. The van der Waals surface area contributed by atoms with E-state index in [0.717, 1.165) is 6.54 Å². The average Bonchev–Trinajstić information content (AvgIpc) is 2.48. The van der Waals surface area contributed by atoms with Crippen LogP contribution in [-0.2, 0) is 0 Å². The Hall–Kier alpha value is -1.28. The molecule has 0 bridgehead atoms. The number of hydrogen-bond acceptors (Lipinski definition) is 1. The molecule has 1 aliphatic rings. The normalized spacial score (nSPS) is 19.1. The van der Waals surface area contributed by atoms with Crippen LogP contribution in [0, 0.1) is 6.92 Å². The van der Waals surface area contributed by atoms with Crippen molar-refractivity contribution in [1.29, 1.82) is 0 Å². The molecular formula is C18H20BrN. The van der Waals surface area contributed by atoms with Gasteiger partial charge in [-0.3, -0.25) is 0 Å². The third kappa shape index (κ3) is 2.76. The van der Waals surface area contributed by atoms with E-state index in [0.29, 0.717) is 6.04 Å². The van der Waals surface area contributed by atoms with Gasteiger partial charge in [-0.1, -0.05) is 46.3 Å². The van der Waals surface area contributed by atoms with Gasteiger partial charge in [0.15, 0.2) is 0 Å². The van der Waals surface area contributed by atoms with Crippen molar-refractivity contribution in [2.45, 2.75) is 32.2 Å². The summed E-state index contributed by atoms with van der Waals surface area (Å²) in [5.41, 5.74) is 4.17. The van der Waals surface area contributed by atoms with Gasteiger partial charge in [-0.05, 0) is 55.5 Å². The molecule has 1 atom stereocenters. The number of nitrogens with zero attached hydrogens (tertiary/aromatic N) is 1. The second kappa shape index (κ2) is 6.01. The Bertz CT molecular complexity index is 593. The minimum absolute atomic E-state index is 0.502. The summed E-state index contributed by atoms with van der Waals surface area (Å²) in [5.74, 6) is 0. The monoisotopic (exact) mass is 329 g/mol.